The summed E-state index contributed by atoms with van der Waals surface area (Å²) < 4.78 is 53.7. The summed E-state index contributed by atoms with van der Waals surface area (Å²) >= 11 is 1.30. The highest BCUT2D eigenvalue weighted by Crippen LogP contribution is 2.45. The SMILES string of the molecule is CCOc1ccc(Oc2cc(NC(=O)c3cnn4c3N[C@H](c3cccs3)C[C@H]4C(F)(F)F)cc([N+](=O)[O-])c2)cc1. The van der Waals surface area contributed by atoms with Crippen molar-refractivity contribution < 1.29 is 32.4 Å². The number of nitro benzene ring substituents is 1. The van der Waals surface area contributed by atoms with E-state index in [1.54, 1.807) is 41.8 Å². The third kappa shape index (κ3) is 5.71. The quantitative estimate of drug-likeness (QED) is 0.173. The molecule has 208 valence electrons. The number of alkyl halides is 3. The molecule has 1 aliphatic rings. The number of non-ortho nitro benzene ring substituents is 1. The van der Waals surface area contributed by atoms with Gasteiger partial charge >= 0.3 is 6.18 Å². The van der Waals surface area contributed by atoms with E-state index >= 15 is 0 Å². The maximum Gasteiger partial charge on any atom is 0.410 e. The van der Waals surface area contributed by atoms with E-state index in [1.165, 1.54) is 23.5 Å². The maximum absolute atomic E-state index is 13.9. The number of thiophene rings is 1. The summed E-state index contributed by atoms with van der Waals surface area (Å²) in [5.41, 5.74) is -0.488. The average Bonchev–Trinajstić information content (AvgIpc) is 3.59. The first kappa shape index (κ1) is 27.0. The minimum absolute atomic E-state index is 0.0121. The topological polar surface area (TPSA) is 121 Å². The molecule has 0 aliphatic carbocycles. The second-order valence-corrected chi connectivity index (χ2v) is 9.77. The number of nitrogens with one attached hydrogen (secondary N) is 2. The molecule has 0 radical (unpaired) electrons. The molecule has 2 atom stereocenters. The van der Waals surface area contributed by atoms with Crippen LogP contribution in [0.4, 0.5) is 30.4 Å². The minimum atomic E-state index is -4.60. The number of fused-ring (bicyclic) bond motifs is 1. The van der Waals surface area contributed by atoms with E-state index in [4.69, 9.17) is 9.47 Å². The molecule has 0 saturated carbocycles. The van der Waals surface area contributed by atoms with E-state index in [2.05, 4.69) is 15.7 Å². The second kappa shape index (κ2) is 10.9. The van der Waals surface area contributed by atoms with Crippen molar-refractivity contribution in [2.24, 2.45) is 0 Å². The van der Waals surface area contributed by atoms with E-state index in [0.717, 1.165) is 16.9 Å². The molecule has 14 heteroatoms. The molecule has 4 aromatic rings. The molecule has 0 spiro atoms. The van der Waals surface area contributed by atoms with Crippen LogP contribution < -0.4 is 20.1 Å². The van der Waals surface area contributed by atoms with Gasteiger partial charge in [0, 0.05) is 23.4 Å². The Labute approximate surface area is 229 Å². The zero-order valence-corrected chi connectivity index (χ0v) is 21.7. The Morgan fingerprint density at radius 3 is 2.60 bits per heavy atom. The predicted molar refractivity (Wildman–Crippen MR) is 141 cm³/mol. The van der Waals surface area contributed by atoms with Crippen molar-refractivity contribution in [2.45, 2.75) is 31.6 Å². The molecule has 0 saturated heterocycles. The number of rotatable bonds is 8. The molecule has 40 heavy (non-hydrogen) atoms. The third-order valence-corrected chi connectivity index (χ3v) is 7.09. The van der Waals surface area contributed by atoms with Crippen molar-refractivity contribution in [3.05, 3.63) is 86.7 Å². The number of benzene rings is 2. The Morgan fingerprint density at radius 1 is 1.20 bits per heavy atom. The van der Waals surface area contributed by atoms with Gasteiger partial charge in [-0.2, -0.15) is 18.3 Å². The van der Waals surface area contributed by atoms with Gasteiger partial charge in [0.1, 0.15) is 28.6 Å². The van der Waals surface area contributed by atoms with E-state index in [9.17, 15) is 28.1 Å². The van der Waals surface area contributed by atoms with Crippen molar-refractivity contribution in [3.8, 4) is 17.2 Å². The second-order valence-electron chi connectivity index (χ2n) is 8.79. The summed E-state index contributed by atoms with van der Waals surface area (Å²) in [4.78, 5) is 24.8. The fourth-order valence-electron chi connectivity index (χ4n) is 4.33. The van der Waals surface area contributed by atoms with Crippen molar-refractivity contribution in [1.29, 1.82) is 0 Å². The normalized spacial score (nSPS) is 16.5. The van der Waals surface area contributed by atoms with Crippen LogP contribution in [0.5, 0.6) is 17.2 Å². The predicted octanol–water partition coefficient (Wildman–Crippen LogP) is 6.96. The molecule has 1 aliphatic heterocycles. The number of ether oxygens (including phenoxy) is 2. The summed E-state index contributed by atoms with van der Waals surface area (Å²) in [6.45, 7) is 2.33. The number of carbonyl (C=O) groups excluding carboxylic acids is 1. The van der Waals surface area contributed by atoms with Crippen molar-refractivity contribution in [2.75, 3.05) is 17.2 Å². The summed E-state index contributed by atoms with van der Waals surface area (Å²) in [6.07, 6.45) is -3.85. The fourth-order valence-corrected chi connectivity index (χ4v) is 5.12. The van der Waals surface area contributed by atoms with Gasteiger partial charge in [-0.25, -0.2) is 4.68 Å². The number of halogens is 3. The highest BCUT2D eigenvalue weighted by Gasteiger charge is 2.47. The van der Waals surface area contributed by atoms with Crippen LogP contribution in [-0.2, 0) is 0 Å². The first-order chi connectivity index (χ1) is 19.1. The molecule has 0 bridgehead atoms. The van der Waals surface area contributed by atoms with E-state index in [0.29, 0.717) is 23.0 Å². The Bertz CT molecular complexity index is 1520. The molecular formula is C26H22F3N5O5S. The van der Waals surface area contributed by atoms with Gasteiger partial charge in [-0.1, -0.05) is 6.07 Å². The molecule has 2 aromatic heterocycles. The van der Waals surface area contributed by atoms with Crippen LogP contribution in [0.25, 0.3) is 0 Å². The molecular weight excluding hydrogens is 551 g/mol. The molecule has 1 amide bonds. The van der Waals surface area contributed by atoms with Gasteiger partial charge < -0.3 is 20.1 Å². The Balaban J connectivity index is 1.42. The van der Waals surface area contributed by atoms with Gasteiger partial charge in [0.05, 0.1) is 35.5 Å². The molecule has 2 N–H and O–H groups in total. The number of hydrogen-bond donors (Lipinski definition) is 2. The van der Waals surface area contributed by atoms with Crippen LogP contribution in [0.3, 0.4) is 0 Å². The van der Waals surface area contributed by atoms with Crippen LogP contribution in [0, 0.1) is 10.1 Å². The van der Waals surface area contributed by atoms with Crippen LogP contribution in [0.1, 0.15) is 40.7 Å². The molecule has 3 heterocycles. The highest BCUT2D eigenvalue weighted by atomic mass is 32.1. The molecule has 0 unspecified atom stereocenters. The lowest BCUT2D eigenvalue weighted by atomic mass is 10.0. The van der Waals surface area contributed by atoms with E-state index in [1.807, 2.05) is 6.92 Å². The van der Waals surface area contributed by atoms with Gasteiger partial charge in [-0.15, -0.1) is 11.3 Å². The number of hydrogen-bond acceptors (Lipinski definition) is 8. The number of nitrogens with zero attached hydrogens (tertiary/aromatic N) is 3. The van der Waals surface area contributed by atoms with Crippen LogP contribution in [0.2, 0.25) is 0 Å². The maximum atomic E-state index is 13.9. The Morgan fingerprint density at radius 2 is 1.95 bits per heavy atom. The summed E-state index contributed by atoms with van der Waals surface area (Å²) in [5, 5.41) is 22.7. The van der Waals surface area contributed by atoms with Crippen molar-refractivity contribution in [1.82, 2.24) is 9.78 Å². The third-order valence-electron chi connectivity index (χ3n) is 6.10. The molecule has 2 aromatic carbocycles. The summed E-state index contributed by atoms with van der Waals surface area (Å²) in [6, 6.07) is 11.1. The number of aromatic nitrogens is 2. The van der Waals surface area contributed by atoms with Crippen molar-refractivity contribution in [3.63, 3.8) is 0 Å². The zero-order valence-electron chi connectivity index (χ0n) is 20.8. The molecule has 0 fully saturated rings. The first-order valence-corrected chi connectivity index (χ1v) is 13.0. The zero-order chi connectivity index (χ0) is 28.4. The van der Waals surface area contributed by atoms with Gasteiger partial charge in [-0.3, -0.25) is 14.9 Å². The summed E-state index contributed by atoms with van der Waals surface area (Å²) in [7, 11) is 0. The Kier molecular flexibility index (Phi) is 7.34. The van der Waals surface area contributed by atoms with Crippen LogP contribution >= 0.6 is 11.3 Å². The number of carbonyl (C=O) groups is 1. The van der Waals surface area contributed by atoms with Gasteiger partial charge in [-0.05, 0) is 42.6 Å². The van der Waals surface area contributed by atoms with Crippen LogP contribution in [-0.4, -0.2) is 33.4 Å². The molecule has 10 nitrogen and oxygen atoms in total. The fraction of sp³-hybridized carbons (Fsp3) is 0.231. The van der Waals surface area contributed by atoms with E-state index < -0.39 is 29.1 Å². The largest absolute Gasteiger partial charge is 0.494 e. The summed E-state index contributed by atoms with van der Waals surface area (Å²) in [5.74, 6) is 0.163. The van der Waals surface area contributed by atoms with Crippen molar-refractivity contribution >= 4 is 34.4 Å². The lowest BCUT2D eigenvalue weighted by Crippen LogP contribution is -2.36. The van der Waals surface area contributed by atoms with Gasteiger partial charge in [0.25, 0.3) is 11.6 Å². The minimum Gasteiger partial charge on any atom is -0.494 e. The lowest BCUT2D eigenvalue weighted by molar-refractivity contribution is -0.384. The lowest BCUT2D eigenvalue weighted by Gasteiger charge is -2.33. The number of nitro groups is 1. The van der Waals surface area contributed by atoms with Gasteiger partial charge in [0.2, 0.25) is 0 Å². The smallest absolute Gasteiger partial charge is 0.410 e. The molecule has 5 rings (SSSR count). The highest BCUT2D eigenvalue weighted by molar-refractivity contribution is 7.10. The van der Waals surface area contributed by atoms with Gasteiger partial charge in [0.15, 0.2) is 6.04 Å². The first-order valence-electron chi connectivity index (χ1n) is 12.1. The Hall–Kier alpha value is -4.59. The monoisotopic (exact) mass is 573 g/mol. The number of anilines is 2. The number of amides is 1. The average molecular weight is 574 g/mol. The van der Waals surface area contributed by atoms with E-state index in [-0.39, 0.29) is 34.9 Å². The standard InChI is InChI=1S/C26H22F3N5O5S/c1-2-38-17-5-7-18(8-6-17)39-19-11-15(10-16(12-19)34(36)37)31-25(35)20-14-30-33-23(26(27,28)29)13-21(32-24(20)33)22-4-3-9-40-22/h3-12,14,21,23,32H,2,13H2,1H3,(H,31,35)/t21-,23-/m0/s1. The van der Waals surface area contributed by atoms with Crippen LogP contribution in [0.15, 0.2) is 66.2 Å².